The zero-order valence-corrected chi connectivity index (χ0v) is 21.7. The van der Waals surface area contributed by atoms with Crippen molar-refractivity contribution >= 4 is 52.7 Å². The Hall–Kier alpha value is -3.37. The molecule has 4 aromatic carbocycles. The predicted octanol–water partition coefficient (Wildman–Crippen LogP) is 4.92. The SMILES string of the molecule is S=C(/N=C(/Nc1ccccc1P(c1ccccc1)c1ccccc1)c1ccccc1)N1CCOCC1. The molecule has 1 N–H and O–H groups in total. The average Bonchev–Trinajstić information content (AvgIpc) is 2.96. The average molecular weight is 510 g/mol. The highest BCUT2D eigenvalue weighted by atomic mass is 32.1. The highest BCUT2D eigenvalue weighted by Crippen LogP contribution is 2.35. The van der Waals surface area contributed by atoms with Crippen molar-refractivity contribution < 1.29 is 4.74 Å². The summed E-state index contributed by atoms with van der Waals surface area (Å²) in [5.41, 5.74) is 2.02. The standard InChI is InChI=1S/C30H28N3OPS/c36-30(33-20-22-34-23-21-33)32-29(24-12-4-1-5-13-24)31-27-18-10-11-19-28(27)35(25-14-6-2-7-15-25)26-16-8-3-9-17-26/h1-19H,20-23H2,(H,31,32,36). The number of nitrogens with one attached hydrogen (secondary N) is 1. The molecule has 0 aliphatic carbocycles. The van der Waals surface area contributed by atoms with E-state index in [0.717, 1.165) is 30.2 Å². The normalized spacial score (nSPS) is 14.0. The molecule has 1 saturated heterocycles. The fourth-order valence-corrected chi connectivity index (χ4v) is 6.84. The molecule has 4 nitrogen and oxygen atoms in total. The predicted molar refractivity (Wildman–Crippen MR) is 157 cm³/mol. The third-order valence-electron chi connectivity index (χ3n) is 5.96. The van der Waals surface area contributed by atoms with Crippen LogP contribution in [-0.4, -0.2) is 42.2 Å². The minimum atomic E-state index is -0.776. The van der Waals surface area contributed by atoms with Gasteiger partial charge in [-0.05, 0) is 36.8 Å². The molecule has 0 bridgehead atoms. The molecule has 0 aromatic heterocycles. The maximum atomic E-state index is 5.75. The first-order valence-electron chi connectivity index (χ1n) is 12.1. The van der Waals surface area contributed by atoms with Crippen LogP contribution in [0, 0.1) is 0 Å². The number of benzene rings is 4. The van der Waals surface area contributed by atoms with Gasteiger partial charge in [0.05, 0.1) is 13.2 Å². The Balaban J connectivity index is 1.56. The van der Waals surface area contributed by atoms with Gasteiger partial charge in [-0.1, -0.05) is 109 Å². The lowest BCUT2D eigenvalue weighted by Gasteiger charge is -2.27. The summed E-state index contributed by atoms with van der Waals surface area (Å²) >= 11 is 5.75. The summed E-state index contributed by atoms with van der Waals surface area (Å²) < 4.78 is 5.50. The number of ether oxygens (including phenoxy) is 1. The minimum Gasteiger partial charge on any atom is -0.378 e. The van der Waals surface area contributed by atoms with E-state index in [1.807, 2.05) is 18.2 Å². The van der Waals surface area contributed by atoms with E-state index in [9.17, 15) is 0 Å². The van der Waals surface area contributed by atoms with Crippen LogP contribution in [0.2, 0.25) is 0 Å². The fourth-order valence-electron chi connectivity index (χ4n) is 4.16. The molecule has 1 fully saturated rings. The number of hydrogen-bond acceptors (Lipinski definition) is 2. The van der Waals surface area contributed by atoms with Gasteiger partial charge in [-0.25, -0.2) is 4.99 Å². The largest absolute Gasteiger partial charge is 0.378 e. The van der Waals surface area contributed by atoms with Crippen LogP contribution in [0.25, 0.3) is 0 Å². The van der Waals surface area contributed by atoms with Crippen LogP contribution in [0.3, 0.4) is 0 Å². The summed E-state index contributed by atoms with van der Waals surface area (Å²) in [5, 5.41) is 8.10. The van der Waals surface area contributed by atoms with Gasteiger partial charge in [0.2, 0.25) is 0 Å². The van der Waals surface area contributed by atoms with Crippen LogP contribution >= 0.6 is 20.1 Å². The Morgan fingerprint density at radius 3 is 1.86 bits per heavy atom. The molecule has 6 heteroatoms. The van der Waals surface area contributed by atoms with Crippen molar-refractivity contribution in [3.63, 3.8) is 0 Å². The quantitative estimate of drug-likeness (QED) is 0.179. The van der Waals surface area contributed by atoms with Crippen LogP contribution in [0.4, 0.5) is 5.69 Å². The van der Waals surface area contributed by atoms with E-state index >= 15 is 0 Å². The molecule has 0 unspecified atom stereocenters. The van der Waals surface area contributed by atoms with Gasteiger partial charge in [0.25, 0.3) is 0 Å². The van der Waals surface area contributed by atoms with E-state index in [-0.39, 0.29) is 0 Å². The van der Waals surface area contributed by atoms with Gasteiger partial charge in [0.1, 0.15) is 5.84 Å². The lowest BCUT2D eigenvalue weighted by atomic mass is 10.2. The lowest BCUT2D eigenvalue weighted by molar-refractivity contribution is 0.0686. The molecule has 0 radical (unpaired) electrons. The van der Waals surface area contributed by atoms with Crippen molar-refractivity contribution in [3.8, 4) is 0 Å². The second-order valence-electron chi connectivity index (χ2n) is 8.36. The Labute approximate surface area is 219 Å². The van der Waals surface area contributed by atoms with Gasteiger partial charge in [-0.3, -0.25) is 0 Å². The van der Waals surface area contributed by atoms with Crippen LogP contribution in [0.15, 0.2) is 120 Å². The first kappa shape index (κ1) is 24.3. The van der Waals surface area contributed by atoms with Gasteiger partial charge in [0.15, 0.2) is 5.11 Å². The molecule has 0 atom stereocenters. The number of hydrogen-bond donors (Lipinski definition) is 1. The number of para-hydroxylation sites is 1. The number of anilines is 1. The van der Waals surface area contributed by atoms with Gasteiger partial charge in [-0.2, -0.15) is 0 Å². The number of nitrogens with zero attached hydrogens (tertiary/aromatic N) is 2. The molecule has 0 saturated carbocycles. The van der Waals surface area contributed by atoms with E-state index in [0.29, 0.717) is 18.3 Å². The summed E-state index contributed by atoms with van der Waals surface area (Å²) in [6, 6.07) is 40.2. The summed E-state index contributed by atoms with van der Waals surface area (Å²) in [7, 11) is -0.776. The Morgan fingerprint density at radius 2 is 1.25 bits per heavy atom. The highest BCUT2D eigenvalue weighted by molar-refractivity contribution is 7.80. The number of morpholine rings is 1. The Kier molecular flexibility index (Phi) is 8.14. The molecule has 36 heavy (non-hydrogen) atoms. The maximum absolute atomic E-state index is 5.75. The van der Waals surface area contributed by atoms with E-state index < -0.39 is 7.92 Å². The lowest BCUT2D eigenvalue weighted by Crippen LogP contribution is -2.39. The molecule has 0 amide bonds. The molecule has 1 aliphatic heterocycles. The molecule has 1 aliphatic rings. The maximum Gasteiger partial charge on any atom is 0.197 e. The summed E-state index contributed by atoms with van der Waals surface area (Å²) in [4.78, 5) is 7.03. The summed E-state index contributed by atoms with van der Waals surface area (Å²) in [6.45, 7) is 2.86. The van der Waals surface area contributed by atoms with Gasteiger partial charge in [0, 0.05) is 29.6 Å². The summed E-state index contributed by atoms with van der Waals surface area (Å²) in [5.74, 6) is 0.746. The number of rotatable bonds is 5. The molecular weight excluding hydrogens is 481 g/mol. The second kappa shape index (κ2) is 12.0. The van der Waals surface area contributed by atoms with E-state index in [4.69, 9.17) is 21.9 Å². The van der Waals surface area contributed by atoms with Gasteiger partial charge < -0.3 is 15.0 Å². The van der Waals surface area contributed by atoms with Crippen LogP contribution in [0.1, 0.15) is 5.56 Å². The number of amidine groups is 1. The van der Waals surface area contributed by atoms with Crippen molar-refractivity contribution in [3.05, 3.63) is 121 Å². The molecule has 4 aromatic rings. The van der Waals surface area contributed by atoms with Crippen LogP contribution in [-0.2, 0) is 4.74 Å². The van der Waals surface area contributed by atoms with E-state index in [2.05, 4.69) is 107 Å². The van der Waals surface area contributed by atoms with Gasteiger partial charge >= 0.3 is 0 Å². The summed E-state index contributed by atoms with van der Waals surface area (Å²) in [6.07, 6.45) is 0. The third-order valence-corrected chi connectivity index (χ3v) is 8.81. The topological polar surface area (TPSA) is 36.9 Å². The Morgan fingerprint density at radius 1 is 0.722 bits per heavy atom. The molecule has 0 spiro atoms. The zero-order valence-electron chi connectivity index (χ0n) is 20.0. The second-order valence-corrected chi connectivity index (χ2v) is 10.9. The third kappa shape index (κ3) is 5.88. The smallest absolute Gasteiger partial charge is 0.197 e. The number of aliphatic imine (C=N–C) groups is 1. The van der Waals surface area contributed by atoms with E-state index in [1.165, 1.54) is 15.9 Å². The number of thiocarbonyl (C=S) groups is 1. The molecule has 1 heterocycles. The van der Waals surface area contributed by atoms with Crippen LogP contribution in [0.5, 0.6) is 0 Å². The highest BCUT2D eigenvalue weighted by Gasteiger charge is 2.21. The molecular formula is C30H28N3OPS. The first-order valence-corrected chi connectivity index (χ1v) is 13.8. The fraction of sp³-hybridized carbons (Fsp3) is 0.133. The molecule has 180 valence electrons. The van der Waals surface area contributed by atoms with Crippen molar-refractivity contribution in [2.75, 3.05) is 31.6 Å². The monoisotopic (exact) mass is 509 g/mol. The van der Waals surface area contributed by atoms with Crippen molar-refractivity contribution in [1.29, 1.82) is 0 Å². The molecule has 5 rings (SSSR count). The van der Waals surface area contributed by atoms with Crippen molar-refractivity contribution in [2.45, 2.75) is 0 Å². The van der Waals surface area contributed by atoms with Crippen molar-refractivity contribution in [2.24, 2.45) is 4.99 Å². The minimum absolute atomic E-state index is 0.579. The van der Waals surface area contributed by atoms with Crippen LogP contribution < -0.4 is 21.2 Å². The van der Waals surface area contributed by atoms with E-state index in [1.54, 1.807) is 0 Å². The first-order chi connectivity index (χ1) is 17.8. The van der Waals surface area contributed by atoms with Crippen molar-refractivity contribution in [1.82, 2.24) is 4.90 Å². The Bertz CT molecular complexity index is 1270. The van der Waals surface area contributed by atoms with Gasteiger partial charge in [-0.15, -0.1) is 0 Å². The zero-order chi connectivity index (χ0) is 24.6.